The molecular formula is C13H12F3N3. The fourth-order valence-electron chi connectivity index (χ4n) is 1.65. The molecule has 2 heterocycles. The van der Waals surface area contributed by atoms with Crippen molar-refractivity contribution < 1.29 is 13.2 Å². The van der Waals surface area contributed by atoms with Gasteiger partial charge in [-0.3, -0.25) is 4.98 Å². The van der Waals surface area contributed by atoms with Crippen LogP contribution in [0, 0.1) is 6.92 Å². The molecule has 2 aromatic heterocycles. The average molecular weight is 267 g/mol. The van der Waals surface area contributed by atoms with Crippen molar-refractivity contribution in [2.45, 2.75) is 19.6 Å². The second-order valence-corrected chi connectivity index (χ2v) is 4.02. The number of nitrogens with zero attached hydrogens (tertiary/aromatic N) is 2. The second kappa shape index (κ2) is 5.26. The van der Waals surface area contributed by atoms with Crippen molar-refractivity contribution in [1.29, 1.82) is 0 Å². The van der Waals surface area contributed by atoms with Gasteiger partial charge in [0, 0.05) is 12.4 Å². The van der Waals surface area contributed by atoms with E-state index < -0.39 is 11.7 Å². The Bertz CT molecular complexity index is 567. The summed E-state index contributed by atoms with van der Waals surface area (Å²) in [6.07, 6.45) is -1.49. The van der Waals surface area contributed by atoms with Crippen molar-refractivity contribution in [2.24, 2.45) is 0 Å². The van der Waals surface area contributed by atoms with Crippen molar-refractivity contribution in [3.8, 4) is 0 Å². The van der Waals surface area contributed by atoms with Crippen LogP contribution < -0.4 is 5.32 Å². The number of halogens is 3. The Kier molecular flexibility index (Phi) is 3.69. The topological polar surface area (TPSA) is 37.8 Å². The normalized spacial score (nSPS) is 11.4. The Morgan fingerprint density at radius 3 is 2.47 bits per heavy atom. The summed E-state index contributed by atoms with van der Waals surface area (Å²) in [5, 5.41) is 2.68. The minimum atomic E-state index is -4.42. The van der Waals surface area contributed by atoms with Crippen molar-refractivity contribution in [3.63, 3.8) is 0 Å². The van der Waals surface area contributed by atoms with E-state index in [0.717, 1.165) is 11.6 Å². The zero-order chi connectivity index (χ0) is 13.9. The van der Waals surface area contributed by atoms with E-state index in [4.69, 9.17) is 0 Å². The van der Waals surface area contributed by atoms with Gasteiger partial charge in [-0.1, -0.05) is 6.07 Å². The summed E-state index contributed by atoms with van der Waals surface area (Å²) in [7, 11) is 0. The Labute approximate surface area is 108 Å². The summed E-state index contributed by atoms with van der Waals surface area (Å²) in [5.74, 6) is -0.181. The molecule has 0 aliphatic carbocycles. The predicted molar refractivity (Wildman–Crippen MR) is 65.5 cm³/mol. The van der Waals surface area contributed by atoms with Crippen LogP contribution in [-0.4, -0.2) is 9.97 Å². The van der Waals surface area contributed by atoms with E-state index >= 15 is 0 Å². The van der Waals surface area contributed by atoms with Gasteiger partial charge in [-0.15, -0.1) is 0 Å². The highest BCUT2D eigenvalue weighted by Crippen LogP contribution is 2.33. The summed E-state index contributed by atoms with van der Waals surface area (Å²) in [4.78, 5) is 7.84. The molecule has 0 amide bonds. The number of hydrogen-bond acceptors (Lipinski definition) is 3. The molecule has 0 unspecified atom stereocenters. The fraction of sp³-hybridized carbons (Fsp3) is 0.231. The van der Waals surface area contributed by atoms with E-state index in [0.29, 0.717) is 5.69 Å². The van der Waals surface area contributed by atoms with E-state index in [1.807, 2.05) is 13.0 Å². The van der Waals surface area contributed by atoms with Gasteiger partial charge in [0.05, 0.1) is 17.8 Å². The van der Waals surface area contributed by atoms with E-state index in [1.54, 1.807) is 12.3 Å². The first-order valence-corrected chi connectivity index (χ1v) is 5.65. The number of anilines is 1. The maximum Gasteiger partial charge on any atom is 0.419 e. The third-order valence-electron chi connectivity index (χ3n) is 2.65. The molecule has 6 heteroatoms. The van der Waals surface area contributed by atoms with Gasteiger partial charge in [0.15, 0.2) is 0 Å². The quantitative estimate of drug-likeness (QED) is 0.926. The highest BCUT2D eigenvalue weighted by atomic mass is 19.4. The minimum Gasteiger partial charge on any atom is -0.364 e. The molecule has 0 radical (unpaired) electrons. The van der Waals surface area contributed by atoms with Crippen molar-refractivity contribution >= 4 is 5.82 Å². The van der Waals surface area contributed by atoms with Gasteiger partial charge in [0.25, 0.3) is 0 Å². The molecule has 0 aliphatic rings. The third kappa shape index (κ3) is 3.21. The van der Waals surface area contributed by atoms with E-state index in [-0.39, 0.29) is 12.4 Å². The van der Waals surface area contributed by atoms with E-state index in [9.17, 15) is 13.2 Å². The molecule has 19 heavy (non-hydrogen) atoms. The van der Waals surface area contributed by atoms with Gasteiger partial charge in [-0.05, 0) is 30.7 Å². The van der Waals surface area contributed by atoms with Crippen LogP contribution in [0.4, 0.5) is 19.0 Å². The molecule has 2 aromatic rings. The molecule has 3 nitrogen and oxygen atoms in total. The van der Waals surface area contributed by atoms with Gasteiger partial charge in [-0.2, -0.15) is 13.2 Å². The second-order valence-electron chi connectivity index (χ2n) is 4.02. The summed E-state index contributed by atoms with van der Waals surface area (Å²) in [5.41, 5.74) is 0.837. The van der Waals surface area contributed by atoms with Gasteiger partial charge in [0.2, 0.25) is 0 Å². The Hall–Kier alpha value is -2.11. The van der Waals surface area contributed by atoms with E-state index in [1.165, 1.54) is 12.3 Å². The van der Waals surface area contributed by atoms with Crippen LogP contribution in [-0.2, 0) is 12.7 Å². The minimum absolute atomic E-state index is 0.181. The molecule has 0 atom stereocenters. The van der Waals surface area contributed by atoms with Crippen molar-refractivity contribution in [2.75, 3.05) is 5.32 Å². The molecule has 100 valence electrons. The average Bonchev–Trinajstić information content (AvgIpc) is 2.37. The summed E-state index contributed by atoms with van der Waals surface area (Å²) < 4.78 is 38.3. The van der Waals surface area contributed by atoms with Crippen LogP contribution in [0.25, 0.3) is 0 Å². The number of aromatic nitrogens is 2. The third-order valence-corrected chi connectivity index (χ3v) is 2.65. The smallest absolute Gasteiger partial charge is 0.364 e. The zero-order valence-electron chi connectivity index (χ0n) is 10.2. The number of rotatable bonds is 3. The SMILES string of the molecule is Cc1cccnc1CNc1ncccc1C(F)(F)F. The first kappa shape index (κ1) is 13.3. The lowest BCUT2D eigenvalue weighted by Crippen LogP contribution is -2.13. The summed E-state index contributed by atoms with van der Waals surface area (Å²) >= 11 is 0. The summed E-state index contributed by atoms with van der Waals surface area (Å²) in [6.45, 7) is 2.06. The first-order chi connectivity index (χ1) is 8.98. The number of nitrogens with one attached hydrogen (secondary N) is 1. The van der Waals surface area contributed by atoms with Crippen LogP contribution in [0.5, 0.6) is 0 Å². The van der Waals surface area contributed by atoms with Crippen molar-refractivity contribution in [1.82, 2.24) is 9.97 Å². The van der Waals surface area contributed by atoms with Gasteiger partial charge in [0.1, 0.15) is 5.82 Å². The van der Waals surface area contributed by atoms with Crippen LogP contribution in [0.1, 0.15) is 16.8 Å². The molecule has 0 aromatic carbocycles. The first-order valence-electron chi connectivity index (χ1n) is 5.65. The monoisotopic (exact) mass is 267 g/mol. The lowest BCUT2D eigenvalue weighted by atomic mass is 10.2. The standard InChI is InChI=1S/C13H12F3N3/c1-9-4-2-6-17-11(9)8-19-12-10(13(14,15)16)5-3-7-18-12/h2-7H,8H2,1H3,(H,18,19). The van der Waals surface area contributed by atoms with Crippen LogP contribution >= 0.6 is 0 Å². The fourth-order valence-corrected chi connectivity index (χ4v) is 1.65. The Morgan fingerprint density at radius 2 is 1.79 bits per heavy atom. The van der Waals surface area contributed by atoms with E-state index in [2.05, 4.69) is 15.3 Å². The largest absolute Gasteiger partial charge is 0.419 e. The number of pyridine rings is 2. The molecule has 0 aliphatic heterocycles. The van der Waals surface area contributed by atoms with Gasteiger partial charge < -0.3 is 5.32 Å². The molecule has 0 spiro atoms. The highest BCUT2D eigenvalue weighted by Gasteiger charge is 2.33. The number of hydrogen-bond donors (Lipinski definition) is 1. The lowest BCUT2D eigenvalue weighted by Gasteiger charge is -2.13. The molecule has 0 saturated heterocycles. The van der Waals surface area contributed by atoms with Gasteiger partial charge in [-0.25, -0.2) is 4.98 Å². The van der Waals surface area contributed by atoms with Crippen LogP contribution in [0.15, 0.2) is 36.7 Å². The van der Waals surface area contributed by atoms with Crippen molar-refractivity contribution in [3.05, 3.63) is 53.5 Å². The molecule has 0 fully saturated rings. The number of alkyl halides is 3. The van der Waals surface area contributed by atoms with Crippen LogP contribution in [0.3, 0.4) is 0 Å². The Morgan fingerprint density at radius 1 is 1.11 bits per heavy atom. The zero-order valence-corrected chi connectivity index (χ0v) is 10.2. The summed E-state index contributed by atoms with van der Waals surface area (Å²) in [6, 6.07) is 5.90. The maximum absolute atomic E-state index is 12.8. The van der Waals surface area contributed by atoms with Gasteiger partial charge >= 0.3 is 6.18 Å². The Balaban J connectivity index is 2.19. The molecular weight excluding hydrogens is 255 g/mol. The lowest BCUT2D eigenvalue weighted by molar-refractivity contribution is -0.137. The maximum atomic E-state index is 12.8. The van der Waals surface area contributed by atoms with Crippen LogP contribution in [0.2, 0.25) is 0 Å². The predicted octanol–water partition coefficient (Wildman–Crippen LogP) is 3.42. The molecule has 2 rings (SSSR count). The highest BCUT2D eigenvalue weighted by molar-refractivity contribution is 5.46. The molecule has 0 saturated carbocycles. The number of aryl methyl sites for hydroxylation is 1. The molecule has 1 N–H and O–H groups in total. The molecule has 0 bridgehead atoms.